The highest BCUT2D eigenvalue weighted by Gasteiger charge is 2.68. The third-order valence-corrected chi connectivity index (χ3v) is 10.2. The van der Waals surface area contributed by atoms with E-state index in [1.807, 2.05) is 0 Å². The number of aromatic nitrogens is 4. The molecule has 3 aliphatic rings. The maximum atomic E-state index is 6.88. The molecule has 3 aliphatic heterocycles. The molecule has 5 aromatic carbocycles. The van der Waals surface area contributed by atoms with Crippen molar-refractivity contribution < 1.29 is 13.9 Å². The van der Waals surface area contributed by atoms with Crippen LogP contribution >= 0.6 is 0 Å². The number of nitrogens with zero attached hydrogens (tertiary/aromatic N) is 4. The molecule has 1 spiro atoms. The SMILES string of the molecule is Cn1ccc2c3ccc4c5c3c3n(c6ccccc6[n+]3C53c5c(ccc6c7ccccc7c7ccc[n+]3c7c56)O4)c21. The third-order valence-electron chi connectivity index (χ3n) is 10.2. The average molecular weight is 525 g/mol. The van der Waals surface area contributed by atoms with Crippen molar-refractivity contribution >= 4 is 70.9 Å². The zero-order chi connectivity index (χ0) is 26.4. The van der Waals surface area contributed by atoms with Gasteiger partial charge in [0.2, 0.25) is 11.2 Å². The highest BCUT2D eigenvalue weighted by molar-refractivity contribution is 6.26. The highest BCUT2D eigenvalue weighted by Crippen LogP contribution is 2.58. The van der Waals surface area contributed by atoms with Crippen LogP contribution in [0.2, 0.25) is 0 Å². The van der Waals surface area contributed by atoms with E-state index >= 15 is 0 Å². The van der Waals surface area contributed by atoms with Gasteiger partial charge in [-0.2, -0.15) is 4.40 Å². The van der Waals surface area contributed by atoms with Crippen molar-refractivity contribution in [3.8, 4) is 11.5 Å². The number of hydrogen-bond donors (Lipinski definition) is 0. The predicted molar refractivity (Wildman–Crippen MR) is 160 cm³/mol. The lowest BCUT2D eigenvalue weighted by Crippen LogP contribution is -2.72. The van der Waals surface area contributed by atoms with Gasteiger partial charge in [0.1, 0.15) is 22.6 Å². The number of para-hydroxylation sites is 2. The fourth-order valence-electron chi connectivity index (χ4n) is 8.92. The Kier molecular flexibility index (Phi) is 2.80. The van der Waals surface area contributed by atoms with E-state index in [0.717, 1.165) is 11.5 Å². The van der Waals surface area contributed by atoms with Gasteiger partial charge in [-0.25, -0.2) is 0 Å². The molecule has 9 aromatic rings. The molecule has 5 nitrogen and oxygen atoms in total. The molecule has 0 amide bonds. The summed E-state index contributed by atoms with van der Waals surface area (Å²) in [6, 6.07) is 33.5. The lowest BCUT2D eigenvalue weighted by Gasteiger charge is -2.28. The average Bonchev–Trinajstić information content (AvgIpc) is 3.74. The number of hydrogen-bond acceptors (Lipinski definition) is 1. The van der Waals surface area contributed by atoms with E-state index in [2.05, 4.69) is 129 Å². The van der Waals surface area contributed by atoms with Gasteiger partial charge in [-0.1, -0.05) is 36.4 Å². The number of aryl methyl sites for hydroxylation is 1. The van der Waals surface area contributed by atoms with Crippen LogP contribution in [0.25, 0.3) is 70.9 Å². The van der Waals surface area contributed by atoms with Crippen molar-refractivity contribution in [2.24, 2.45) is 7.05 Å². The molecule has 12 rings (SSSR count). The summed E-state index contributed by atoms with van der Waals surface area (Å²) in [5.41, 5.74) is 8.04. The van der Waals surface area contributed by atoms with Crippen LogP contribution in [0, 0.1) is 0 Å². The highest BCUT2D eigenvalue weighted by atomic mass is 16.5. The van der Waals surface area contributed by atoms with Crippen LogP contribution in [0.1, 0.15) is 11.1 Å². The second-order valence-electron chi connectivity index (χ2n) is 11.8. The Labute approximate surface area is 232 Å². The van der Waals surface area contributed by atoms with E-state index in [9.17, 15) is 0 Å². The molecule has 0 bridgehead atoms. The summed E-state index contributed by atoms with van der Waals surface area (Å²) in [4.78, 5) is 0. The van der Waals surface area contributed by atoms with Gasteiger partial charge < -0.3 is 9.30 Å². The summed E-state index contributed by atoms with van der Waals surface area (Å²) in [5, 5.41) is 10.2. The molecule has 188 valence electrons. The van der Waals surface area contributed by atoms with Crippen LogP contribution in [0.4, 0.5) is 0 Å². The fraction of sp³-hybridized carbons (Fsp3) is 0.0556. The number of benzene rings is 5. The van der Waals surface area contributed by atoms with Gasteiger partial charge >= 0.3 is 11.3 Å². The molecule has 7 heterocycles. The van der Waals surface area contributed by atoms with Crippen LogP contribution in [-0.4, -0.2) is 8.97 Å². The first-order valence-corrected chi connectivity index (χ1v) is 14.2. The number of rotatable bonds is 0. The van der Waals surface area contributed by atoms with Crippen molar-refractivity contribution in [3.05, 3.63) is 115 Å². The van der Waals surface area contributed by atoms with E-state index < -0.39 is 5.66 Å². The summed E-state index contributed by atoms with van der Waals surface area (Å²) >= 11 is 0. The van der Waals surface area contributed by atoms with Gasteiger partial charge in [-0.3, -0.25) is 0 Å². The minimum absolute atomic E-state index is 0.602. The molecule has 4 aromatic heterocycles. The summed E-state index contributed by atoms with van der Waals surface area (Å²) < 4.78 is 16.8. The Morgan fingerprint density at radius 3 is 2.22 bits per heavy atom. The van der Waals surface area contributed by atoms with Crippen LogP contribution in [0.5, 0.6) is 11.5 Å². The zero-order valence-corrected chi connectivity index (χ0v) is 22.0. The predicted octanol–water partition coefficient (Wildman–Crippen LogP) is 6.80. The molecule has 0 aliphatic carbocycles. The minimum Gasteiger partial charge on any atom is -0.456 e. The van der Waals surface area contributed by atoms with E-state index in [4.69, 9.17) is 4.74 Å². The number of fused-ring (bicyclic) bond motifs is 9. The summed E-state index contributed by atoms with van der Waals surface area (Å²) in [6.45, 7) is 0. The van der Waals surface area contributed by atoms with Crippen molar-refractivity contribution in [1.29, 1.82) is 0 Å². The molecule has 0 N–H and O–H groups in total. The van der Waals surface area contributed by atoms with Crippen LogP contribution < -0.4 is 13.9 Å². The van der Waals surface area contributed by atoms with E-state index in [0.29, 0.717) is 0 Å². The van der Waals surface area contributed by atoms with Crippen LogP contribution in [-0.2, 0) is 12.7 Å². The fourth-order valence-corrected chi connectivity index (χ4v) is 8.92. The lowest BCUT2D eigenvalue weighted by atomic mass is 9.85. The maximum Gasteiger partial charge on any atom is 0.372 e. The van der Waals surface area contributed by atoms with E-state index in [-0.39, 0.29) is 0 Å². The molecule has 1 atom stereocenters. The lowest BCUT2D eigenvalue weighted by molar-refractivity contribution is -0.934. The Balaban J connectivity index is 1.48. The molecule has 0 radical (unpaired) electrons. The maximum absolute atomic E-state index is 6.88. The number of pyridine rings is 2. The van der Waals surface area contributed by atoms with Crippen molar-refractivity contribution in [2.75, 3.05) is 0 Å². The quantitative estimate of drug-likeness (QED) is 0.158. The summed E-state index contributed by atoms with van der Waals surface area (Å²) in [6.07, 6.45) is 4.48. The van der Waals surface area contributed by atoms with Gasteiger partial charge in [-0.05, 0) is 64.7 Å². The van der Waals surface area contributed by atoms with Gasteiger partial charge in [0.15, 0.2) is 17.2 Å². The van der Waals surface area contributed by atoms with Gasteiger partial charge in [-0.15, -0.1) is 9.13 Å². The molecule has 5 heteroatoms. The second-order valence-corrected chi connectivity index (χ2v) is 11.8. The van der Waals surface area contributed by atoms with Crippen molar-refractivity contribution in [3.63, 3.8) is 0 Å². The van der Waals surface area contributed by atoms with Gasteiger partial charge in [0.05, 0.1) is 16.2 Å². The number of ether oxygens (including phenoxy) is 1. The molecule has 0 fully saturated rings. The topological polar surface area (TPSA) is 26.3 Å². The number of imidazole rings is 1. The molecule has 41 heavy (non-hydrogen) atoms. The smallest absolute Gasteiger partial charge is 0.372 e. The monoisotopic (exact) mass is 524 g/mol. The third kappa shape index (κ3) is 1.73. The summed E-state index contributed by atoms with van der Waals surface area (Å²) in [5.74, 6) is 1.88. The van der Waals surface area contributed by atoms with E-state index in [1.54, 1.807) is 0 Å². The van der Waals surface area contributed by atoms with Gasteiger partial charge in [0, 0.05) is 30.1 Å². The molecular weight excluding hydrogens is 504 g/mol. The Morgan fingerprint density at radius 1 is 0.659 bits per heavy atom. The van der Waals surface area contributed by atoms with Crippen LogP contribution in [0.3, 0.4) is 0 Å². The Hall–Kier alpha value is -5.42. The first kappa shape index (κ1) is 19.6. The van der Waals surface area contributed by atoms with Crippen LogP contribution in [0.15, 0.2) is 103 Å². The molecule has 0 saturated heterocycles. The minimum atomic E-state index is -0.602. The zero-order valence-electron chi connectivity index (χ0n) is 22.0. The standard InChI is InChI=1S/C36H20N4O/c1-37-18-16-24-22-13-15-28-32-30(22)35-39(34(24)37)25-10-4-5-11-26(25)40(35)36(32)31-27(41-28)14-12-21-19-7-2-3-8-20(19)23-9-6-17-38(36)33(23)29(21)31/h2-18H,1H3/q+2. The van der Waals surface area contributed by atoms with Gasteiger partial charge in [0.25, 0.3) is 0 Å². The first-order valence-electron chi connectivity index (χ1n) is 14.2. The van der Waals surface area contributed by atoms with Crippen molar-refractivity contribution in [2.45, 2.75) is 5.66 Å². The van der Waals surface area contributed by atoms with E-state index in [1.165, 1.54) is 82.1 Å². The summed E-state index contributed by atoms with van der Waals surface area (Å²) in [7, 11) is 2.15. The Bertz CT molecular complexity index is 2800. The second kappa shape index (κ2) is 5.86. The Morgan fingerprint density at radius 2 is 1.37 bits per heavy atom. The largest absolute Gasteiger partial charge is 0.456 e. The molecular formula is C36H20N4O+2. The van der Waals surface area contributed by atoms with Crippen molar-refractivity contribution in [1.82, 2.24) is 8.97 Å². The normalized spacial score (nSPS) is 17.7. The first-order chi connectivity index (χ1) is 20.3. The molecule has 1 unspecified atom stereocenters. The molecule has 0 saturated carbocycles.